The quantitative estimate of drug-likeness (QED) is 0.884. The van der Waals surface area contributed by atoms with Crippen LogP contribution in [0.15, 0.2) is 18.3 Å². The number of nitrogens with zero attached hydrogens (tertiary/aromatic N) is 2. The lowest BCUT2D eigenvalue weighted by Crippen LogP contribution is -2.40. The van der Waals surface area contributed by atoms with Gasteiger partial charge in [0.05, 0.1) is 7.11 Å². The first-order valence-electron chi connectivity index (χ1n) is 7.18. The summed E-state index contributed by atoms with van der Waals surface area (Å²) in [6.07, 6.45) is 4.34. The molecule has 0 aliphatic carbocycles. The average Bonchev–Trinajstić information content (AvgIpc) is 2.45. The lowest BCUT2D eigenvalue weighted by atomic mass is 9.97. The van der Waals surface area contributed by atoms with Crippen molar-refractivity contribution in [3.05, 3.63) is 18.3 Å². The summed E-state index contributed by atoms with van der Waals surface area (Å²) in [5.41, 5.74) is 0. The van der Waals surface area contributed by atoms with Crippen LogP contribution in [0.5, 0.6) is 5.75 Å². The Bertz CT molecular complexity index is 389. The van der Waals surface area contributed by atoms with Crippen LogP contribution in [0.3, 0.4) is 0 Å². The van der Waals surface area contributed by atoms with Crippen LogP contribution in [0.25, 0.3) is 0 Å². The number of piperidine rings is 1. The summed E-state index contributed by atoms with van der Waals surface area (Å²) in [6.45, 7) is 7.77. The van der Waals surface area contributed by atoms with Gasteiger partial charge in [-0.2, -0.15) is 0 Å². The highest BCUT2D eigenvalue weighted by Gasteiger charge is 2.22. The fourth-order valence-electron chi connectivity index (χ4n) is 2.64. The SMILES string of the molecule is COc1cccnc1N(CC1CCNCC1)C(C)C. The van der Waals surface area contributed by atoms with Crippen LogP contribution in [0.1, 0.15) is 26.7 Å². The third-order valence-electron chi connectivity index (χ3n) is 3.78. The van der Waals surface area contributed by atoms with Gasteiger partial charge in [0.1, 0.15) is 0 Å². The molecule has 1 aliphatic rings. The molecule has 1 aromatic rings. The first-order chi connectivity index (χ1) is 9.22. The summed E-state index contributed by atoms with van der Waals surface area (Å²) < 4.78 is 5.45. The molecule has 1 saturated heterocycles. The number of anilines is 1. The van der Waals surface area contributed by atoms with E-state index in [1.165, 1.54) is 12.8 Å². The van der Waals surface area contributed by atoms with E-state index in [1.807, 2.05) is 18.3 Å². The molecule has 1 fully saturated rings. The van der Waals surface area contributed by atoms with E-state index in [-0.39, 0.29) is 0 Å². The van der Waals surface area contributed by atoms with Gasteiger partial charge in [-0.1, -0.05) is 0 Å². The summed E-state index contributed by atoms with van der Waals surface area (Å²) in [7, 11) is 1.71. The number of ether oxygens (including phenoxy) is 1. The Labute approximate surface area is 116 Å². The molecule has 4 heteroatoms. The molecule has 0 amide bonds. The molecule has 1 aromatic heterocycles. The molecule has 1 aliphatic heterocycles. The van der Waals surface area contributed by atoms with Crippen molar-refractivity contribution in [3.63, 3.8) is 0 Å². The predicted molar refractivity (Wildman–Crippen MR) is 78.9 cm³/mol. The average molecular weight is 263 g/mol. The Morgan fingerprint density at radius 3 is 2.79 bits per heavy atom. The zero-order chi connectivity index (χ0) is 13.7. The molecule has 0 atom stereocenters. The molecule has 0 radical (unpaired) electrons. The molecule has 0 aromatic carbocycles. The van der Waals surface area contributed by atoms with Gasteiger partial charge < -0.3 is 15.0 Å². The van der Waals surface area contributed by atoms with Crippen molar-refractivity contribution in [2.45, 2.75) is 32.7 Å². The molecular formula is C15H25N3O. The summed E-state index contributed by atoms with van der Waals surface area (Å²) >= 11 is 0. The number of hydrogen-bond donors (Lipinski definition) is 1. The molecule has 106 valence electrons. The normalized spacial score (nSPS) is 16.6. The topological polar surface area (TPSA) is 37.4 Å². The highest BCUT2D eigenvalue weighted by Crippen LogP contribution is 2.28. The molecule has 2 rings (SSSR count). The van der Waals surface area contributed by atoms with Crippen LogP contribution in [0.4, 0.5) is 5.82 Å². The third kappa shape index (κ3) is 3.60. The number of pyridine rings is 1. The van der Waals surface area contributed by atoms with Crippen LogP contribution >= 0.6 is 0 Å². The summed E-state index contributed by atoms with van der Waals surface area (Å²) in [5, 5.41) is 3.42. The summed E-state index contributed by atoms with van der Waals surface area (Å²) in [5.74, 6) is 2.58. The zero-order valence-corrected chi connectivity index (χ0v) is 12.2. The Hall–Kier alpha value is -1.29. The Kier molecular flexibility index (Phi) is 5.02. The Morgan fingerprint density at radius 1 is 1.42 bits per heavy atom. The van der Waals surface area contributed by atoms with Gasteiger partial charge in [-0.05, 0) is 57.8 Å². The van der Waals surface area contributed by atoms with Crippen LogP contribution in [-0.4, -0.2) is 37.8 Å². The largest absolute Gasteiger partial charge is 0.493 e. The van der Waals surface area contributed by atoms with E-state index in [0.29, 0.717) is 6.04 Å². The van der Waals surface area contributed by atoms with Gasteiger partial charge in [0.15, 0.2) is 11.6 Å². The van der Waals surface area contributed by atoms with E-state index in [4.69, 9.17) is 4.74 Å². The van der Waals surface area contributed by atoms with Crippen molar-refractivity contribution in [2.24, 2.45) is 5.92 Å². The molecule has 0 unspecified atom stereocenters. The minimum atomic E-state index is 0.429. The second-order valence-corrected chi connectivity index (χ2v) is 5.47. The van der Waals surface area contributed by atoms with E-state index in [0.717, 1.165) is 37.1 Å². The van der Waals surface area contributed by atoms with Gasteiger partial charge >= 0.3 is 0 Å². The van der Waals surface area contributed by atoms with Gasteiger partial charge in [0.2, 0.25) is 0 Å². The van der Waals surface area contributed by atoms with E-state index in [2.05, 4.69) is 29.0 Å². The minimum Gasteiger partial charge on any atom is -0.493 e. The standard InChI is InChI=1S/C15H25N3O/c1-12(2)18(11-13-6-9-16-10-7-13)15-14(19-3)5-4-8-17-15/h4-5,8,12-13,16H,6-7,9-11H2,1-3H3. The first-order valence-corrected chi connectivity index (χ1v) is 7.18. The number of methoxy groups -OCH3 is 1. The van der Waals surface area contributed by atoms with Crippen LogP contribution in [-0.2, 0) is 0 Å². The Morgan fingerprint density at radius 2 is 2.16 bits per heavy atom. The smallest absolute Gasteiger partial charge is 0.171 e. The van der Waals surface area contributed by atoms with Crippen LogP contribution < -0.4 is 15.0 Å². The van der Waals surface area contributed by atoms with Gasteiger partial charge in [0.25, 0.3) is 0 Å². The van der Waals surface area contributed by atoms with E-state index < -0.39 is 0 Å². The molecule has 4 nitrogen and oxygen atoms in total. The second kappa shape index (κ2) is 6.75. The first kappa shape index (κ1) is 14.1. The predicted octanol–water partition coefficient (Wildman–Crippen LogP) is 2.30. The molecule has 0 saturated carbocycles. The maximum Gasteiger partial charge on any atom is 0.171 e. The molecule has 0 bridgehead atoms. The van der Waals surface area contributed by atoms with Crippen molar-refractivity contribution in [1.29, 1.82) is 0 Å². The third-order valence-corrected chi connectivity index (χ3v) is 3.78. The lowest BCUT2D eigenvalue weighted by Gasteiger charge is -2.34. The van der Waals surface area contributed by atoms with E-state index in [9.17, 15) is 0 Å². The monoisotopic (exact) mass is 263 g/mol. The van der Waals surface area contributed by atoms with E-state index >= 15 is 0 Å². The molecule has 1 N–H and O–H groups in total. The minimum absolute atomic E-state index is 0.429. The maximum absolute atomic E-state index is 5.45. The second-order valence-electron chi connectivity index (χ2n) is 5.47. The molecule has 19 heavy (non-hydrogen) atoms. The van der Waals surface area contributed by atoms with Crippen molar-refractivity contribution in [2.75, 3.05) is 31.6 Å². The Balaban J connectivity index is 2.14. The van der Waals surface area contributed by atoms with Crippen LogP contribution in [0, 0.1) is 5.92 Å². The molecular weight excluding hydrogens is 238 g/mol. The number of rotatable bonds is 5. The fourth-order valence-corrected chi connectivity index (χ4v) is 2.64. The number of aromatic nitrogens is 1. The number of hydrogen-bond acceptors (Lipinski definition) is 4. The van der Waals surface area contributed by atoms with Crippen LogP contribution in [0.2, 0.25) is 0 Å². The van der Waals surface area contributed by atoms with Crippen molar-refractivity contribution >= 4 is 5.82 Å². The summed E-state index contributed by atoms with van der Waals surface area (Å²) in [4.78, 5) is 6.89. The zero-order valence-electron chi connectivity index (χ0n) is 12.2. The van der Waals surface area contributed by atoms with Crippen molar-refractivity contribution < 1.29 is 4.74 Å². The maximum atomic E-state index is 5.45. The lowest BCUT2D eigenvalue weighted by molar-refractivity contribution is 0.362. The van der Waals surface area contributed by atoms with E-state index in [1.54, 1.807) is 7.11 Å². The summed E-state index contributed by atoms with van der Waals surface area (Å²) in [6, 6.07) is 4.34. The van der Waals surface area contributed by atoms with Crippen molar-refractivity contribution in [3.8, 4) is 5.75 Å². The van der Waals surface area contributed by atoms with Gasteiger partial charge in [-0.25, -0.2) is 4.98 Å². The van der Waals surface area contributed by atoms with Gasteiger partial charge in [0, 0.05) is 18.8 Å². The molecule has 2 heterocycles. The van der Waals surface area contributed by atoms with Crippen molar-refractivity contribution in [1.82, 2.24) is 10.3 Å². The van der Waals surface area contributed by atoms with Gasteiger partial charge in [-0.3, -0.25) is 0 Å². The highest BCUT2D eigenvalue weighted by molar-refractivity contribution is 5.52. The molecule has 0 spiro atoms. The number of nitrogens with one attached hydrogen (secondary N) is 1. The fraction of sp³-hybridized carbons (Fsp3) is 0.667. The highest BCUT2D eigenvalue weighted by atomic mass is 16.5. The van der Waals surface area contributed by atoms with Gasteiger partial charge in [-0.15, -0.1) is 0 Å².